The maximum atomic E-state index is 11.8. The highest BCUT2D eigenvalue weighted by Crippen LogP contribution is 2.14. The van der Waals surface area contributed by atoms with E-state index in [1.54, 1.807) is 0 Å². The predicted octanol–water partition coefficient (Wildman–Crippen LogP) is 1.95. The van der Waals surface area contributed by atoms with E-state index in [0.29, 0.717) is 12.5 Å². The van der Waals surface area contributed by atoms with Gasteiger partial charge in [0.1, 0.15) is 6.61 Å². The quantitative estimate of drug-likeness (QED) is 0.750. The third-order valence-corrected chi connectivity index (χ3v) is 1.91. The molecule has 1 heterocycles. The van der Waals surface area contributed by atoms with E-state index < -0.39 is 12.8 Å². The van der Waals surface area contributed by atoms with Crippen molar-refractivity contribution >= 4 is 23.5 Å². The molecule has 0 atom stereocenters. The van der Waals surface area contributed by atoms with Crippen LogP contribution in [0.2, 0.25) is 5.28 Å². The van der Waals surface area contributed by atoms with Gasteiger partial charge in [0.25, 0.3) is 0 Å². The van der Waals surface area contributed by atoms with Crippen LogP contribution in [0.15, 0.2) is 0 Å². The first-order valence-electron chi connectivity index (χ1n) is 5.44. The summed E-state index contributed by atoms with van der Waals surface area (Å²) in [6, 6.07) is 0. The van der Waals surface area contributed by atoms with Gasteiger partial charge in [0.05, 0.1) is 6.61 Å². The number of nitrogens with one attached hydrogen (secondary N) is 2. The molecule has 0 spiro atoms. The van der Waals surface area contributed by atoms with Gasteiger partial charge >= 0.3 is 6.18 Å². The molecule has 0 bridgehead atoms. The summed E-state index contributed by atoms with van der Waals surface area (Å²) >= 11 is 5.66. The highest BCUT2D eigenvalue weighted by molar-refractivity contribution is 6.28. The molecule has 19 heavy (non-hydrogen) atoms. The van der Waals surface area contributed by atoms with E-state index in [1.807, 2.05) is 6.92 Å². The van der Waals surface area contributed by atoms with Gasteiger partial charge in [-0.3, -0.25) is 0 Å². The van der Waals surface area contributed by atoms with Crippen LogP contribution in [0.5, 0.6) is 0 Å². The van der Waals surface area contributed by atoms with Gasteiger partial charge in [0, 0.05) is 13.1 Å². The van der Waals surface area contributed by atoms with Gasteiger partial charge in [-0.05, 0) is 18.5 Å². The molecule has 0 aliphatic rings. The molecule has 108 valence electrons. The number of nitrogens with zero attached hydrogens (tertiary/aromatic N) is 3. The van der Waals surface area contributed by atoms with Crippen molar-refractivity contribution in [3.8, 4) is 0 Å². The molecular formula is C9H13ClF3N5O. The molecule has 0 saturated carbocycles. The van der Waals surface area contributed by atoms with Gasteiger partial charge in [-0.25, -0.2) is 0 Å². The summed E-state index contributed by atoms with van der Waals surface area (Å²) in [4.78, 5) is 11.6. The minimum Gasteiger partial charge on any atom is -0.370 e. The van der Waals surface area contributed by atoms with Crippen LogP contribution in [0, 0.1) is 0 Å². The molecule has 1 rings (SSSR count). The normalized spacial score (nSPS) is 11.4. The number of halogens is 4. The smallest absolute Gasteiger partial charge is 0.370 e. The fourth-order valence-corrected chi connectivity index (χ4v) is 1.25. The molecule has 6 nitrogen and oxygen atoms in total. The topological polar surface area (TPSA) is 72.0 Å². The Kier molecular flexibility index (Phi) is 6.03. The predicted molar refractivity (Wildman–Crippen MR) is 64.4 cm³/mol. The molecule has 0 fully saturated rings. The number of hydrogen-bond acceptors (Lipinski definition) is 6. The number of aromatic nitrogens is 3. The van der Waals surface area contributed by atoms with Crippen LogP contribution in [-0.2, 0) is 4.74 Å². The Bertz CT molecular complexity index is 404. The molecule has 1 aromatic heterocycles. The number of ether oxygens (including phenoxy) is 1. The van der Waals surface area contributed by atoms with Crippen molar-refractivity contribution < 1.29 is 17.9 Å². The van der Waals surface area contributed by atoms with E-state index in [1.165, 1.54) is 0 Å². The Morgan fingerprint density at radius 3 is 2.37 bits per heavy atom. The van der Waals surface area contributed by atoms with Crippen LogP contribution in [-0.4, -0.2) is 47.4 Å². The molecule has 2 N–H and O–H groups in total. The van der Waals surface area contributed by atoms with Crippen molar-refractivity contribution in [3.63, 3.8) is 0 Å². The first kappa shape index (κ1) is 15.7. The Balaban J connectivity index is 2.36. The van der Waals surface area contributed by atoms with Gasteiger partial charge in [0.15, 0.2) is 0 Å². The fraction of sp³-hybridized carbons (Fsp3) is 0.667. The zero-order chi connectivity index (χ0) is 14.3. The summed E-state index contributed by atoms with van der Waals surface area (Å²) in [5.41, 5.74) is 0. The lowest BCUT2D eigenvalue weighted by Crippen LogP contribution is -2.20. The molecule has 0 unspecified atom stereocenters. The standard InChI is InChI=1S/C9H13ClF3N5O/c1-2-14-7-16-6(10)17-8(18-7)15-3-4-19-5-9(11,12)13/h2-5H2,1H3,(H2,14,15,16,17,18). The van der Waals surface area contributed by atoms with Crippen LogP contribution < -0.4 is 10.6 Å². The van der Waals surface area contributed by atoms with Crippen molar-refractivity contribution in [1.82, 2.24) is 15.0 Å². The summed E-state index contributed by atoms with van der Waals surface area (Å²) < 4.78 is 39.8. The molecule has 10 heteroatoms. The average molecular weight is 300 g/mol. The summed E-state index contributed by atoms with van der Waals surface area (Å²) in [6.07, 6.45) is -4.32. The largest absolute Gasteiger partial charge is 0.411 e. The van der Waals surface area contributed by atoms with Gasteiger partial charge < -0.3 is 15.4 Å². The summed E-state index contributed by atoms with van der Waals surface area (Å²) in [5, 5.41) is 5.53. The monoisotopic (exact) mass is 299 g/mol. The van der Waals surface area contributed by atoms with Crippen molar-refractivity contribution in [1.29, 1.82) is 0 Å². The van der Waals surface area contributed by atoms with Gasteiger partial charge in [-0.2, -0.15) is 28.1 Å². The second-order valence-corrected chi connectivity index (χ2v) is 3.71. The Morgan fingerprint density at radius 2 is 1.79 bits per heavy atom. The third-order valence-electron chi connectivity index (χ3n) is 1.74. The lowest BCUT2D eigenvalue weighted by atomic mass is 10.6. The van der Waals surface area contributed by atoms with E-state index in [9.17, 15) is 13.2 Å². The second kappa shape index (κ2) is 7.29. The summed E-state index contributed by atoms with van der Waals surface area (Å²) in [5.74, 6) is 0.466. The minimum atomic E-state index is -4.32. The Hall–Kier alpha value is -1.35. The number of anilines is 2. The SMILES string of the molecule is CCNc1nc(Cl)nc(NCCOCC(F)(F)F)n1. The van der Waals surface area contributed by atoms with Gasteiger partial charge in [0.2, 0.25) is 17.2 Å². The fourth-order valence-electron chi connectivity index (χ4n) is 1.09. The van der Waals surface area contributed by atoms with E-state index in [2.05, 4.69) is 30.3 Å². The Morgan fingerprint density at radius 1 is 1.16 bits per heavy atom. The van der Waals surface area contributed by atoms with Crippen molar-refractivity contribution in [2.45, 2.75) is 13.1 Å². The van der Waals surface area contributed by atoms with E-state index in [-0.39, 0.29) is 24.4 Å². The first-order chi connectivity index (χ1) is 8.90. The number of hydrogen-bond donors (Lipinski definition) is 2. The molecule has 0 radical (unpaired) electrons. The van der Waals surface area contributed by atoms with Crippen LogP contribution in [0.3, 0.4) is 0 Å². The van der Waals surface area contributed by atoms with Gasteiger partial charge in [-0.15, -0.1) is 0 Å². The summed E-state index contributed by atoms with van der Waals surface area (Å²) in [7, 11) is 0. The lowest BCUT2D eigenvalue weighted by molar-refractivity contribution is -0.172. The van der Waals surface area contributed by atoms with E-state index in [4.69, 9.17) is 11.6 Å². The van der Waals surface area contributed by atoms with E-state index in [0.717, 1.165) is 0 Å². The first-order valence-corrected chi connectivity index (χ1v) is 5.82. The molecule has 0 aliphatic heterocycles. The summed E-state index contributed by atoms with van der Waals surface area (Å²) in [6.45, 7) is 1.18. The zero-order valence-electron chi connectivity index (χ0n) is 10.1. The zero-order valence-corrected chi connectivity index (χ0v) is 10.8. The number of rotatable bonds is 7. The Labute approximate surface area is 112 Å². The van der Waals surface area contributed by atoms with Crippen LogP contribution in [0.1, 0.15) is 6.92 Å². The molecular weight excluding hydrogens is 287 g/mol. The molecule has 0 aliphatic carbocycles. The molecule has 1 aromatic rings. The minimum absolute atomic E-state index is 0.00957. The maximum absolute atomic E-state index is 11.8. The second-order valence-electron chi connectivity index (χ2n) is 3.38. The van der Waals surface area contributed by atoms with Crippen LogP contribution >= 0.6 is 11.6 Å². The highest BCUT2D eigenvalue weighted by atomic mass is 35.5. The molecule has 0 aromatic carbocycles. The van der Waals surface area contributed by atoms with Crippen molar-refractivity contribution in [2.24, 2.45) is 0 Å². The van der Waals surface area contributed by atoms with Crippen LogP contribution in [0.4, 0.5) is 25.1 Å². The molecule has 0 saturated heterocycles. The maximum Gasteiger partial charge on any atom is 0.411 e. The van der Waals surface area contributed by atoms with Crippen LogP contribution in [0.25, 0.3) is 0 Å². The van der Waals surface area contributed by atoms with Gasteiger partial charge in [-0.1, -0.05) is 0 Å². The third kappa shape index (κ3) is 6.97. The highest BCUT2D eigenvalue weighted by Gasteiger charge is 2.27. The van der Waals surface area contributed by atoms with E-state index >= 15 is 0 Å². The van der Waals surface area contributed by atoms with Crippen molar-refractivity contribution in [2.75, 3.05) is 36.9 Å². The lowest BCUT2D eigenvalue weighted by Gasteiger charge is -2.09. The molecule has 0 amide bonds. The van der Waals surface area contributed by atoms with Crippen molar-refractivity contribution in [3.05, 3.63) is 5.28 Å². The average Bonchev–Trinajstić information content (AvgIpc) is 2.26. The number of alkyl halides is 3.